The van der Waals surface area contributed by atoms with Crippen LogP contribution in [0.4, 0.5) is 17.5 Å². The van der Waals surface area contributed by atoms with E-state index in [1.807, 2.05) is 6.92 Å². The summed E-state index contributed by atoms with van der Waals surface area (Å²) < 4.78 is 5.87. The van der Waals surface area contributed by atoms with Crippen LogP contribution in [-0.2, 0) is 4.74 Å². The number of benzene rings is 1. The number of nitrogens with zero attached hydrogens (tertiary/aromatic N) is 2. The standard InChI is InChI=1S/C14H17BrN4O2/c1-9(8-21-2)17-13-12(15)7-16-14(19-13)18-10-3-5-11(20)6-4-10/h3-7,9,20H,8H2,1-2H3,(H2,16,17,18,19). The highest BCUT2D eigenvalue weighted by Gasteiger charge is 2.08. The predicted molar refractivity (Wildman–Crippen MR) is 86.1 cm³/mol. The van der Waals surface area contributed by atoms with E-state index in [1.54, 1.807) is 37.6 Å². The number of phenolic OH excluding ortho intramolecular Hbond substituents is 1. The smallest absolute Gasteiger partial charge is 0.229 e. The quantitative estimate of drug-likeness (QED) is 0.693. The predicted octanol–water partition coefficient (Wildman–Crippen LogP) is 3.14. The molecule has 0 aliphatic carbocycles. The summed E-state index contributed by atoms with van der Waals surface area (Å²) >= 11 is 3.42. The molecule has 0 spiro atoms. The lowest BCUT2D eigenvalue weighted by molar-refractivity contribution is 0.190. The molecule has 1 unspecified atom stereocenters. The van der Waals surface area contributed by atoms with Crippen LogP contribution < -0.4 is 10.6 Å². The number of ether oxygens (including phenoxy) is 1. The molecule has 1 aromatic heterocycles. The van der Waals surface area contributed by atoms with Gasteiger partial charge in [0.25, 0.3) is 0 Å². The molecule has 0 aliphatic heterocycles. The number of methoxy groups -OCH3 is 1. The molecular formula is C14H17BrN4O2. The molecule has 0 amide bonds. The number of anilines is 3. The summed E-state index contributed by atoms with van der Waals surface area (Å²) in [4.78, 5) is 8.62. The van der Waals surface area contributed by atoms with E-state index in [2.05, 4.69) is 36.5 Å². The van der Waals surface area contributed by atoms with Gasteiger partial charge in [0.1, 0.15) is 11.6 Å². The Kier molecular flexibility index (Phi) is 5.35. The van der Waals surface area contributed by atoms with E-state index in [0.29, 0.717) is 18.4 Å². The van der Waals surface area contributed by atoms with Gasteiger partial charge in [-0.1, -0.05) is 0 Å². The zero-order valence-corrected chi connectivity index (χ0v) is 13.4. The molecule has 0 radical (unpaired) electrons. The van der Waals surface area contributed by atoms with Gasteiger partial charge in [-0.3, -0.25) is 0 Å². The third kappa shape index (κ3) is 4.57. The second kappa shape index (κ2) is 7.24. The van der Waals surface area contributed by atoms with Gasteiger partial charge in [0.2, 0.25) is 5.95 Å². The van der Waals surface area contributed by atoms with Gasteiger partial charge < -0.3 is 20.5 Å². The molecular weight excluding hydrogens is 336 g/mol. The number of rotatable bonds is 6. The summed E-state index contributed by atoms with van der Waals surface area (Å²) in [6, 6.07) is 6.83. The number of phenols is 1. The lowest BCUT2D eigenvalue weighted by Crippen LogP contribution is -2.22. The molecule has 112 valence electrons. The monoisotopic (exact) mass is 352 g/mol. The molecule has 2 aromatic rings. The van der Waals surface area contributed by atoms with E-state index in [1.165, 1.54) is 0 Å². The summed E-state index contributed by atoms with van der Waals surface area (Å²) in [5.74, 6) is 1.37. The molecule has 3 N–H and O–H groups in total. The molecule has 2 rings (SSSR count). The molecule has 0 bridgehead atoms. The summed E-state index contributed by atoms with van der Waals surface area (Å²) in [6.45, 7) is 2.59. The summed E-state index contributed by atoms with van der Waals surface area (Å²) in [5.41, 5.74) is 0.797. The van der Waals surface area contributed by atoms with Gasteiger partial charge in [-0.2, -0.15) is 4.98 Å². The Morgan fingerprint density at radius 1 is 1.33 bits per heavy atom. The maximum absolute atomic E-state index is 9.27. The first-order chi connectivity index (χ1) is 10.1. The lowest BCUT2D eigenvalue weighted by atomic mass is 10.3. The number of hydrogen-bond donors (Lipinski definition) is 3. The number of halogens is 1. The fourth-order valence-corrected chi connectivity index (χ4v) is 2.03. The number of nitrogens with one attached hydrogen (secondary N) is 2. The van der Waals surface area contributed by atoms with Gasteiger partial charge in [0.05, 0.1) is 11.1 Å². The third-order valence-electron chi connectivity index (χ3n) is 2.67. The molecule has 1 heterocycles. The van der Waals surface area contributed by atoms with E-state index in [0.717, 1.165) is 10.2 Å². The van der Waals surface area contributed by atoms with Crippen molar-refractivity contribution in [1.29, 1.82) is 0 Å². The molecule has 0 aliphatic rings. The van der Waals surface area contributed by atoms with Crippen LogP contribution >= 0.6 is 15.9 Å². The van der Waals surface area contributed by atoms with E-state index in [9.17, 15) is 5.11 Å². The van der Waals surface area contributed by atoms with Gasteiger partial charge in [0.15, 0.2) is 0 Å². The zero-order chi connectivity index (χ0) is 15.2. The molecule has 21 heavy (non-hydrogen) atoms. The van der Waals surface area contributed by atoms with Crippen molar-refractivity contribution in [1.82, 2.24) is 9.97 Å². The van der Waals surface area contributed by atoms with Gasteiger partial charge in [-0.15, -0.1) is 0 Å². The minimum Gasteiger partial charge on any atom is -0.508 e. The molecule has 7 heteroatoms. The summed E-state index contributed by atoms with van der Waals surface area (Å²) in [6.07, 6.45) is 1.68. The Morgan fingerprint density at radius 2 is 2.05 bits per heavy atom. The Balaban J connectivity index is 2.12. The molecule has 0 fully saturated rings. The molecule has 6 nitrogen and oxygen atoms in total. The van der Waals surface area contributed by atoms with Crippen molar-refractivity contribution in [2.45, 2.75) is 13.0 Å². The molecule has 1 aromatic carbocycles. The highest BCUT2D eigenvalue weighted by molar-refractivity contribution is 9.10. The van der Waals surface area contributed by atoms with Gasteiger partial charge >= 0.3 is 0 Å². The van der Waals surface area contributed by atoms with Crippen LogP contribution in [0, 0.1) is 0 Å². The lowest BCUT2D eigenvalue weighted by Gasteiger charge is -2.15. The summed E-state index contributed by atoms with van der Waals surface area (Å²) in [5, 5.41) is 15.6. The van der Waals surface area contributed by atoms with Crippen molar-refractivity contribution in [3.8, 4) is 5.75 Å². The second-order valence-corrected chi connectivity index (χ2v) is 5.42. The van der Waals surface area contributed by atoms with Crippen molar-refractivity contribution in [2.75, 3.05) is 24.4 Å². The molecule has 0 saturated heterocycles. The first-order valence-electron chi connectivity index (χ1n) is 6.42. The van der Waals surface area contributed by atoms with Gasteiger partial charge in [0, 0.05) is 25.0 Å². The number of hydrogen-bond acceptors (Lipinski definition) is 6. The third-order valence-corrected chi connectivity index (χ3v) is 3.25. The van der Waals surface area contributed by atoms with Crippen molar-refractivity contribution in [3.63, 3.8) is 0 Å². The highest BCUT2D eigenvalue weighted by atomic mass is 79.9. The van der Waals surface area contributed by atoms with E-state index in [4.69, 9.17) is 4.74 Å². The first-order valence-corrected chi connectivity index (χ1v) is 7.22. The maximum Gasteiger partial charge on any atom is 0.229 e. The minimum atomic E-state index is 0.128. The second-order valence-electron chi connectivity index (χ2n) is 4.56. The van der Waals surface area contributed by atoms with E-state index in [-0.39, 0.29) is 11.8 Å². The van der Waals surface area contributed by atoms with Crippen LogP contribution in [-0.4, -0.2) is 34.8 Å². The Morgan fingerprint density at radius 3 is 2.71 bits per heavy atom. The maximum atomic E-state index is 9.27. The number of aromatic nitrogens is 2. The Bertz CT molecular complexity index is 592. The van der Waals surface area contributed by atoms with Crippen molar-refractivity contribution < 1.29 is 9.84 Å². The minimum absolute atomic E-state index is 0.128. The normalized spacial score (nSPS) is 12.0. The first kappa shape index (κ1) is 15.5. The van der Waals surface area contributed by atoms with Crippen LogP contribution in [0.2, 0.25) is 0 Å². The highest BCUT2D eigenvalue weighted by Crippen LogP contribution is 2.23. The Hall–Kier alpha value is -1.86. The van der Waals surface area contributed by atoms with Crippen molar-refractivity contribution in [3.05, 3.63) is 34.9 Å². The van der Waals surface area contributed by atoms with Crippen LogP contribution in [0.1, 0.15) is 6.92 Å². The van der Waals surface area contributed by atoms with Crippen molar-refractivity contribution in [2.24, 2.45) is 0 Å². The zero-order valence-electron chi connectivity index (χ0n) is 11.8. The topological polar surface area (TPSA) is 79.3 Å². The van der Waals surface area contributed by atoms with E-state index >= 15 is 0 Å². The largest absolute Gasteiger partial charge is 0.508 e. The van der Waals surface area contributed by atoms with Crippen LogP contribution in [0.3, 0.4) is 0 Å². The van der Waals surface area contributed by atoms with Gasteiger partial charge in [-0.05, 0) is 47.1 Å². The molecule has 1 atom stereocenters. The Labute approximate surface area is 131 Å². The van der Waals surface area contributed by atoms with Crippen LogP contribution in [0.15, 0.2) is 34.9 Å². The van der Waals surface area contributed by atoms with Crippen LogP contribution in [0.25, 0.3) is 0 Å². The fourth-order valence-electron chi connectivity index (χ4n) is 1.73. The average Bonchev–Trinajstić information content (AvgIpc) is 2.45. The van der Waals surface area contributed by atoms with Gasteiger partial charge in [-0.25, -0.2) is 4.98 Å². The van der Waals surface area contributed by atoms with Crippen molar-refractivity contribution >= 4 is 33.4 Å². The number of aromatic hydroxyl groups is 1. The average molecular weight is 353 g/mol. The molecule has 0 saturated carbocycles. The summed E-state index contributed by atoms with van der Waals surface area (Å²) in [7, 11) is 1.66. The fraction of sp³-hybridized carbons (Fsp3) is 0.286. The van der Waals surface area contributed by atoms with Crippen LogP contribution in [0.5, 0.6) is 5.75 Å². The van der Waals surface area contributed by atoms with E-state index < -0.39 is 0 Å². The SMILES string of the molecule is COCC(C)Nc1nc(Nc2ccc(O)cc2)ncc1Br.